The minimum atomic E-state index is -0.289. The largest absolute Gasteiger partial charge is 0.465 e. The maximum atomic E-state index is 13.3. The van der Waals surface area contributed by atoms with Crippen LogP contribution in [0.1, 0.15) is 44.9 Å². The normalized spacial score (nSPS) is 30.6. The second kappa shape index (κ2) is 9.36. The van der Waals surface area contributed by atoms with Crippen molar-refractivity contribution in [1.82, 2.24) is 10.3 Å². The van der Waals surface area contributed by atoms with Crippen molar-refractivity contribution in [3.05, 3.63) is 22.9 Å². The lowest BCUT2D eigenvalue weighted by Gasteiger charge is -2.29. The van der Waals surface area contributed by atoms with Gasteiger partial charge in [0.1, 0.15) is 4.60 Å². The Kier molecular flexibility index (Phi) is 6.94. The molecule has 1 aromatic heterocycles. The molecule has 2 N–H and O–H groups in total. The Labute approximate surface area is 198 Å². The van der Waals surface area contributed by atoms with Crippen molar-refractivity contribution in [3.8, 4) is 0 Å². The molecule has 3 saturated carbocycles. The predicted octanol–water partition coefficient (Wildman–Crippen LogP) is 4.19. The first kappa shape index (κ1) is 23.0. The maximum Gasteiger partial charge on any atom is 0.310 e. The van der Waals surface area contributed by atoms with Gasteiger partial charge >= 0.3 is 5.97 Å². The molecule has 2 bridgehead atoms. The molecule has 0 aromatic carbocycles. The molecule has 6 nitrogen and oxygen atoms in total. The van der Waals surface area contributed by atoms with Crippen LogP contribution in [-0.4, -0.2) is 36.6 Å². The number of rotatable bonds is 6. The Bertz CT molecular complexity index is 811. The zero-order valence-corrected chi connectivity index (χ0v) is 20.1. The summed E-state index contributed by atoms with van der Waals surface area (Å²) < 4.78 is 6.52. The van der Waals surface area contributed by atoms with Crippen molar-refractivity contribution in [2.45, 2.75) is 44.9 Å². The van der Waals surface area contributed by atoms with Crippen LogP contribution in [0, 0.1) is 35.0 Å². The highest BCUT2D eigenvalue weighted by molar-refractivity contribution is 9.10. The third-order valence-corrected chi connectivity index (χ3v) is 8.61. The fourth-order valence-corrected chi connectivity index (χ4v) is 6.83. The average Bonchev–Trinajstić information content (AvgIpc) is 3.42. The molecule has 1 amide bonds. The third kappa shape index (κ3) is 4.38. The molecule has 4 atom stereocenters. The van der Waals surface area contributed by atoms with Crippen molar-refractivity contribution in [1.29, 1.82) is 0 Å². The van der Waals surface area contributed by atoms with Crippen LogP contribution in [0.25, 0.3) is 0 Å². The van der Waals surface area contributed by atoms with E-state index in [-0.39, 0.29) is 41.5 Å². The predicted molar refractivity (Wildman–Crippen MR) is 124 cm³/mol. The number of pyridine rings is 1. The van der Waals surface area contributed by atoms with Gasteiger partial charge in [-0.3, -0.25) is 9.59 Å². The summed E-state index contributed by atoms with van der Waals surface area (Å²) in [7, 11) is 0. The summed E-state index contributed by atoms with van der Waals surface area (Å²) in [6.45, 7) is 2.59. The van der Waals surface area contributed by atoms with Crippen LogP contribution in [0.5, 0.6) is 0 Å². The number of esters is 1. The van der Waals surface area contributed by atoms with Gasteiger partial charge in [-0.25, -0.2) is 4.98 Å². The van der Waals surface area contributed by atoms with Crippen molar-refractivity contribution in [2.24, 2.45) is 35.0 Å². The zero-order valence-electron chi connectivity index (χ0n) is 17.6. The van der Waals surface area contributed by atoms with Crippen LogP contribution in [0.15, 0.2) is 22.9 Å². The Hall–Kier alpha value is -1.18. The number of carbonyl (C=O) groups excluding carboxylic acids is 2. The minimum Gasteiger partial charge on any atom is -0.465 e. The number of nitrogens with one attached hydrogen (secondary N) is 2. The number of carbonyl (C=O) groups is 2. The fraction of sp³-hybridized carbons (Fsp3) is 0.696. The Morgan fingerprint density at radius 3 is 2.48 bits per heavy atom. The van der Waals surface area contributed by atoms with E-state index >= 15 is 0 Å². The lowest BCUT2D eigenvalue weighted by molar-refractivity contribution is -0.155. The first-order valence-corrected chi connectivity index (χ1v) is 12.2. The molecule has 3 aliphatic carbocycles. The number of nitrogens with zero attached hydrogens (tertiary/aromatic N) is 1. The van der Waals surface area contributed by atoms with Crippen LogP contribution in [-0.2, 0) is 14.3 Å². The Morgan fingerprint density at radius 1 is 1.13 bits per heavy atom. The number of hydrogen-bond acceptors (Lipinski definition) is 5. The summed E-state index contributed by atoms with van der Waals surface area (Å²) in [4.78, 5) is 30.6. The number of ether oxygens (including phenoxy) is 1. The Balaban J connectivity index is 0.00000231. The molecule has 8 heteroatoms. The molecule has 170 valence electrons. The third-order valence-electron chi connectivity index (χ3n) is 8.15. The first-order valence-electron chi connectivity index (χ1n) is 11.4. The van der Waals surface area contributed by atoms with Gasteiger partial charge < -0.3 is 15.4 Å². The number of amides is 1. The first-order chi connectivity index (χ1) is 14.6. The van der Waals surface area contributed by atoms with Gasteiger partial charge in [-0.1, -0.05) is 0 Å². The van der Waals surface area contributed by atoms with E-state index in [4.69, 9.17) is 4.74 Å². The molecule has 4 aliphatic rings. The van der Waals surface area contributed by atoms with Gasteiger partial charge in [0.05, 0.1) is 30.3 Å². The van der Waals surface area contributed by atoms with Crippen molar-refractivity contribution in [2.75, 3.05) is 25.0 Å². The van der Waals surface area contributed by atoms with Crippen molar-refractivity contribution < 1.29 is 14.3 Å². The van der Waals surface area contributed by atoms with E-state index in [9.17, 15) is 9.59 Å². The van der Waals surface area contributed by atoms with Gasteiger partial charge in [-0.2, -0.15) is 0 Å². The summed E-state index contributed by atoms with van der Waals surface area (Å²) in [6, 6.07) is 3.65. The minimum absolute atomic E-state index is 0. The standard InChI is InChI=1S/C23H30BrN3O3.ClH/c24-18-4-1-15(13-26-18)27-21(28)19-16-2-3-17(23(16)8-9-23)20(19)22(29)30-12-7-14-5-10-25-11-6-14;/h1,4,13-14,16-17,19-20,25H,2-3,5-12H2,(H,27,28);1H/t16-,17+,19+,20+;/m0./s1. The van der Waals surface area contributed by atoms with E-state index in [1.807, 2.05) is 12.1 Å². The van der Waals surface area contributed by atoms with Crippen LogP contribution in [0.2, 0.25) is 0 Å². The monoisotopic (exact) mass is 511 g/mol. The lowest BCUT2D eigenvalue weighted by atomic mass is 9.78. The SMILES string of the molecule is Cl.O=C(OCCC1CCNCC1)[C@H]1[C@H](C(=O)Nc2ccc(Br)nc2)[C@@H]2CC[C@H]1C21CC1. The summed E-state index contributed by atoms with van der Waals surface area (Å²) in [6.07, 6.45) is 9.31. The molecule has 31 heavy (non-hydrogen) atoms. The average molecular weight is 513 g/mol. The van der Waals surface area contributed by atoms with Crippen LogP contribution >= 0.6 is 28.3 Å². The van der Waals surface area contributed by atoms with Gasteiger partial charge in [0.15, 0.2) is 0 Å². The molecule has 1 spiro atoms. The number of aromatic nitrogens is 1. The van der Waals surface area contributed by atoms with E-state index in [1.54, 1.807) is 6.20 Å². The smallest absolute Gasteiger partial charge is 0.310 e. The van der Waals surface area contributed by atoms with E-state index in [2.05, 4.69) is 31.5 Å². The lowest BCUT2D eigenvalue weighted by Crippen LogP contribution is -2.39. The second-order valence-corrected chi connectivity index (χ2v) is 10.4. The maximum absolute atomic E-state index is 13.3. The fourth-order valence-electron chi connectivity index (χ4n) is 6.59. The molecule has 2 heterocycles. The zero-order chi connectivity index (χ0) is 20.7. The summed E-state index contributed by atoms with van der Waals surface area (Å²) in [5.74, 6) is 0.511. The van der Waals surface area contributed by atoms with Gasteiger partial charge in [-0.05, 0) is 109 Å². The summed E-state index contributed by atoms with van der Waals surface area (Å²) >= 11 is 3.32. The molecule has 1 aliphatic heterocycles. The Morgan fingerprint density at radius 2 is 1.84 bits per heavy atom. The molecule has 0 unspecified atom stereocenters. The highest BCUT2D eigenvalue weighted by Crippen LogP contribution is 2.74. The highest BCUT2D eigenvalue weighted by atomic mass is 79.9. The van der Waals surface area contributed by atoms with Crippen LogP contribution in [0.4, 0.5) is 5.69 Å². The summed E-state index contributed by atoms with van der Waals surface area (Å²) in [5, 5.41) is 6.39. The van der Waals surface area contributed by atoms with E-state index < -0.39 is 0 Å². The van der Waals surface area contributed by atoms with E-state index in [0.717, 1.165) is 62.6 Å². The number of piperidine rings is 1. The van der Waals surface area contributed by atoms with Crippen molar-refractivity contribution >= 4 is 45.9 Å². The quantitative estimate of drug-likeness (QED) is 0.441. The van der Waals surface area contributed by atoms with Gasteiger partial charge in [0, 0.05) is 0 Å². The molecule has 0 radical (unpaired) electrons. The number of hydrogen-bond donors (Lipinski definition) is 2. The summed E-state index contributed by atoms with van der Waals surface area (Å²) in [5.41, 5.74) is 0.896. The van der Waals surface area contributed by atoms with E-state index in [0.29, 0.717) is 30.0 Å². The number of halogens is 2. The van der Waals surface area contributed by atoms with Gasteiger partial charge in [0.25, 0.3) is 0 Å². The highest BCUT2D eigenvalue weighted by Gasteiger charge is 2.71. The van der Waals surface area contributed by atoms with Crippen LogP contribution in [0.3, 0.4) is 0 Å². The molecule has 1 aromatic rings. The number of anilines is 1. The molecule has 4 fully saturated rings. The van der Waals surface area contributed by atoms with Gasteiger partial charge in [-0.15, -0.1) is 12.4 Å². The van der Waals surface area contributed by atoms with Gasteiger partial charge in [0.2, 0.25) is 5.91 Å². The molecule has 5 rings (SSSR count). The molecule has 1 saturated heterocycles. The molecular weight excluding hydrogens is 482 g/mol. The molecular formula is C23H31BrClN3O3. The van der Waals surface area contributed by atoms with Crippen molar-refractivity contribution in [3.63, 3.8) is 0 Å². The second-order valence-electron chi connectivity index (χ2n) is 9.58. The van der Waals surface area contributed by atoms with E-state index in [1.165, 1.54) is 0 Å². The van der Waals surface area contributed by atoms with Crippen LogP contribution < -0.4 is 10.6 Å². The topological polar surface area (TPSA) is 80.3 Å².